The van der Waals surface area contributed by atoms with E-state index in [9.17, 15) is 9.90 Å². The fourth-order valence-electron chi connectivity index (χ4n) is 3.07. The average molecular weight is 299 g/mol. The van der Waals surface area contributed by atoms with Crippen molar-refractivity contribution in [3.8, 4) is 0 Å². The number of aromatic nitrogens is 2. The molecular formula is C17H21N3O2. The molecule has 0 saturated carbocycles. The number of aryl methyl sites for hydroxylation is 1. The van der Waals surface area contributed by atoms with Crippen LogP contribution in [0, 0.1) is 0 Å². The summed E-state index contributed by atoms with van der Waals surface area (Å²) in [6, 6.07) is 7.23. The summed E-state index contributed by atoms with van der Waals surface area (Å²) in [6.45, 7) is 1.48. The predicted molar refractivity (Wildman–Crippen MR) is 83.5 cm³/mol. The molecule has 0 aliphatic carbocycles. The molecule has 5 heteroatoms. The SMILES string of the molecule is Cn1cc(C2CCCN(C(=O)c3cccc(CO)c3)C2)cn1. The van der Waals surface area contributed by atoms with Gasteiger partial charge in [0, 0.05) is 37.8 Å². The van der Waals surface area contributed by atoms with Gasteiger partial charge in [-0.05, 0) is 36.1 Å². The van der Waals surface area contributed by atoms with Gasteiger partial charge >= 0.3 is 0 Å². The first kappa shape index (κ1) is 14.8. The number of nitrogens with zero attached hydrogens (tertiary/aromatic N) is 3. The lowest BCUT2D eigenvalue weighted by atomic mass is 9.92. The molecular weight excluding hydrogens is 278 g/mol. The van der Waals surface area contributed by atoms with E-state index in [4.69, 9.17) is 0 Å². The molecule has 1 saturated heterocycles. The van der Waals surface area contributed by atoms with Crippen LogP contribution in [0.1, 0.15) is 40.2 Å². The maximum atomic E-state index is 12.7. The number of piperidine rings is 1. The topological polar surface area (TPSA) is 58.4 Å². The lowest BCUT2D eigenvalue weighted by Crippen LogP contribution is -2.39. The molecule has 1 aromatic heterocycles. The Morgan fingerprint density at radius 3 is 3.05 bits per heavy atom. The molecule has 1 N–H and O–H groups in total. The van der Waals surface area contributed by atoms with Crippen LogP contribution in [-0.4, -0.2) is 38.8 Å². The first-order chi connectivity index (χ1) is 10.7. The summed E-state index contributed by atoms with van der Waals surface area (Å²) in [7, 11) is 1.91. The van der Waals surface area contributed by atoms with Crippen LogP contribution >= 0.6 is 0 Å². The minimum Gasteiger partial charge on any atom is -0.392 e. The van der Waals surface area contributed by atoms with Gasteiger partial charge < -0.3 is 10.0 Å². The second-order valence-corrected chi connectivity index (χ2v) is 5.90. The van der Waals surface area contributed by atoms with Gasteiger partial charge in [-0.25, -0.2) is 0 Å². The third-order valence-corrected chi connectivity index (χ3v) is 4.26. The maximum absolute atomic E-state index is 12.7. The van der Waals surface area contributed by atoms with Crippen molar-refractivity contribution in [1.29, 1.82) is 0 Å². The molecule has 1 aliphatic rings. The Morgan fingerprint density at radius 1 is 1.45 bits per heavy atom. The number of hydrogen-bond acceptors (Lipinski definition) is 3. The largest absolute Gasteiger partial charge is 0.392 e. The van der Waals surface area contributed by atoms with Gasteiger partial charge in [-0.1, -0.05) is 12.1 Å². The highest BCUT2D eigenvalue weighted by atomic mass is 16.3. The molecule has 1 atom stereocenters. The molecule has 1 fully saturated rings. The third-order valence-electron chi connectivity index (χ3n) is 4.26. The maximum Gasteiger partial charge on any atom is 0.253 e. The van der Waals surface area contributed by atoms with Crippen LogP contribution in [0.2, 0.25) is 0 Å². The molecule has 5 nitrogen and oxygen atoms in total. The van der Waals surface area contributed by atoms with Gasteiger partial charge in [0.25, 0.3) is 5.91 Å². The van der Waals surface area contributed by atoms with E-state index in [1.54, 1.807) is 10.7 Å². The number of carbonyl (C=O) groups excluding carboxylic acids is 1. The average Bonchev–Trinajstić information content (AvgIpc) is 3.01. The number of hydrogen-bond donors (Lipinski definition) is 1. The quantitative estimate of drug-likeness (QED) is 0.942. The van der Waals surface area contributed by atoms with Crippen molar-refractivity contribution >= 4 is 5.91 Å². The smallest absolute Gasteiger partial charge is 0.253 e. The van der Waals surface area contributed by atoms with Gasteiger partial charge in [0.05, 0.1) is 12.8 Å². The van der Waals surface area contributed by atoms with Gasteiger partial charge in [0.1, 0.15) is 0 Å². The summed E-state index contributed by atoms with van der Waals surface area (Å²) >= 11 is 0. The molecule has 3 rings (SSSR count). The minimum absolute atomic E-state index is 0.0422. The summed E-state index contributed by atoms with van der Waals surface area (Å²) in [5.41, 5.74) is 2.62. The van der Waals surface area contributed by atoms with Crippen molar-refractivity contribution < 1.29 is 9.90 Å². The van der Waals surface area contributed by atoms with Gasteiger partial charge in [0.2, 0.25) is 0 Å². The zero-order chi connectivity index (χ0) is 15.5. The van der Waals surface area contributed by atoms with Crippen molar-refractivity contribution in [3.63, 3.8) is 0 Å². The van der Waals surface area contributed by atoms with Crippen LogP contribution in [-0.2, 0) is 13.7 Å². The Hall–Kier alpha value is -2.14. The molecule has 22 heavy (non-hydrogen) atoms. The highest BCUT2D eigenvalue weighted by molar-refractivity contribution is 5.94. The summed E-state index contributed by atoms with van der Waals surface area (Å²) in [5, 5.41) is 13.4. The molecule has 0 spiro atoms. The highest BCUT2D eigenvalue weighted by Gasteiger charge is 2.26. The molecule has 2 aromatic rings. The number of aliphatic hydroxyl groups is 1. The van der Waals surface area contributed by atoms with Crippen molar-refractivity contribution in [2.45, 2.75) is 25.4 Å². The van der Waals surface area contributed by atoms with Crippen molar-refractivity contribution in [1.82, 2.24) is 14.7 Å². The lowest BCUT2D eigenvalue weighted by Gasteiger charge is -2.32. The van der Waals surface area contributed by atoms with Gasteiger partial charge in [-0.15, -0.1) is 0 Å². The van der Waals surface area contributed by atoms with Crippen LogP contribution in [0.15, 0.2) is 36.7 Å². The Morgan fingerprint density at radius 2 is 2.32 bits per heavy atom. The summed E-state index contributed by atoms with van der Waals surface area (Å²) < 4.78 is 1.81. The van der Waals surface area contributed by atoms with E-state index in [1.165, 1.54) is 5.56 Å². The van der Waals surface area contributed by atoms with E-state index in [0.717, 1.165) is 31.5 Å². The third kappa shape index (κ3) is 3.04. The predicted octanol–water partition coefficient (Wildman–Crippen LogP) is 1.93. The van der Waals surface area contributed by atoms with Crippen molar-refractivity contribution in [2.75, 3.05) is 13.1 Å². The lowest BCUT2D eigenvalue weighted by molar-refractivity contribution is 0.0707. The first-order valence-corrected chi connectivity index (χ1v) is 7.65. The second-order valence-electron chi connectivity index (χ2n) is 5.90. The van der Waals surface area contributed by atoms with E-state index < -0.39 is 0 Å². The monoisotopic (exact) mass is 299 g/mol. The summed E-state index contributed by atoms with van der Waals surface area (Å²) in [5.74, 6) is 0.399. The Bertz CT molecular complexity index is 665. The molecule has 1 unspecified atom stereocenters. The molecule has 2 heterocycles. The number of rotatable bonds is 3. The standard InChI is InChI=1S/C17H21N3O2/c1-19-10-16(9-18-19)15-6-3-7-20(11-15)17(22)14-5-2-4-13(8-14)12-21/h2,4-5,8-10,15,21H,3,6-7,11-12H2,1H3. The molecule has 1 aromatic carbocycles. The van der Waals surface area contributed by atoms with E-state index in [0.29, 0.717) is 11.5 Å². The molecule has 116 valence electrons. The number of aliphatic hydroxyl groups excluding tert-OH is 1. The summed E-state index contributed by atoms with van der Waals surface area (Å²) in [4.78, 5) is 14.6. The number of benzene rings is 1. The zero-order valence-electron chi connectivity index (χ0n) is 12.8. The molecule has 1 aliphatic heterocycles. The molecule has 1 amide bonds. The Balaban J connectivity index is 1.75. The van der Waals surface area contributed by atoms with Crippen molar-refractivity contribution in [3.05, 3.63) is 53.3 Å². The van der Waals surface area contributed by atoms with E-state index in [-0.39, 0.29) is 12.5 Å². The normalized spacial score (nSPS) is 18.5. The molecule has 0 bridgehead atoms. The fraction of sp³-hybridized carbons (Fsp3) is 0.412. The first-order valence-electron chi connectivity index (χ1n) is 7.65. The van der Waals surface area contributed by atoms with Crippen LogP contribution in [0.4, 0.5) is 0 Å². The summed E-state index contributed by atoms with van der Waals surface area (Å²) in [6.07, 6.45) is 6.02. The van der Waals surface area contributed by atoms with E-state index in [1.807, 2.05) is 42.5 Å². The van der Waals surface area contributed by atoms with Crippen LogP contribution < -0.4 is 0 Å². The van der Waals surface area contributed by atoms with Crippen LogP contribution in [0.5, 0.6) is 0 Å². The van der Waals surface area contributed by atoms with E-state index >= 15 is 0 Å². The second kappa shape index (κ2) is 6.32. The van der Waals surface area contributed by atoms with Gasteiger partial charge in [-0.3, -0.25) is 9.48 Å². The highest BCUT2D eigenvalue weighted by Crippen LogP contribution is 2.27. The Labute approximate surface area is 130 Å². The molecule has 0 radical (unpaired) electrons. The fourth-order valence-corrected chi connectivity index (χ4v) is 3.07. The van der Waals surface area contributed by atoms with E-state index in [2.05, 4.69) is 5.10 Å². The van der Waals surface area contributed by atoms with Crippen LogP contribution in [0.3, 0.4) is 0 Å². The van der Waals surface area contributed by atoms with Crippen LogP contribution in [0.25, 0.3) is 0 Å². The number of carbonyl (C=O) groups is 1. The number of likely N-dealkylation sites (tertiary alicyclic amines) is 1. The zero-order valence-corrected chi connectivity index (χ0v) is 12.8. The van der Waals surface area contributed by atoms with Crippen molar-refractivity contribution in [2.24, 2.45) is 7.05 Å². The minimum atomic E-state index is -0.0422. The van der Waals surface area contributed by atoms with Gasteiger partial charge in [-0.2, -0.15) is 5.10 Å². The number of amides is 1. The Kier molecular flexibility index (Phi) is 4.24. The van der Waals surface area contributed by atoms with Gasteiger partial charge in [0.15, 0.2) is 0 Å².